The summed E-state index contributed by atoms with van der Waals surface area (Å²) in [6.45, 7) is 0.645. The molecule has 23 heavy (non-hydrogen) atoms. The van der Waals surface area contributed by atoms with Crippen molar-refractivity contribution in [2.75, 3.05) is 13.8 Å². The Morgan fingerprint density at radius 3 is 2.70 bits per heavy atom. The van der Waals surface area contributed by atoms with E-state index in [1.807, 2.05) is 18.2 Å². The second-order valence-electron chi connectivity index (χ2n) is 5.27. The average Bonchev–Trinajstić information content (AvgIpc) is 3.02. The molecule has 0 radical (unpaired) electrons. The van der Waals surface area contributed by atoms with Crippen molar-refractivity contribution < 1.29 is 18.7 Å². The Balaban J connectivity index is 1.62. The third-order valence-corrected chi connectivity index (χ3v) is 3.52. The number of nitrogens with zero attached hydrogens (tertiary/aromatic N) is 1. The average molecular weight is 313 g/mol. The van der Waals surface area contributed by atoms with Crippen molar-refractivity contribution in [3.8, 4) is 11.5 Å². The van der Waals surface area contributed by atoms with Gasteiger partial charge < -0.3 is 14.4 Å². The van der Waals surface area contributed by atoms with Crippen LogP contribution in [-0.2, 0) is 11.3 Å². The molecule has 5 heteroatoms. The predicted octanol–water partition coefficient (Wildman–Crippen LogP) is 3.23. The van der Waals surface area contributed by atoms with Crippen LogP contribution in [0.5, 0.6) is 11.5 Å². The second-order valence-corrected chi connectivity index (χ2v) is 5.27. The monoisotopic (exact) mass is 313 g/mol. The van der Waals surface area contributed by atoms with Crippen LogP contribution in [0.4, 0.5) is 4.39 Å². The summed E-state index contributed by atoms with van der Waals surface area (Å²) in [5.74, 6) is 0.971. The van der Waals surface area contributed by atoms with Crippen LogP contribution < -0.4 is 9.47 Å². The molecule has 0 saturated heterocycles. The Bertz CT molecular complexity index is 740. The first kappa shape index (κ1) is 15.1. The zero-order valence-electron chi connectivity index (χ0n) is 12.7. The first-order valence-electron chi connectivity index (χ1n) is 7.19. The van der Waals surface area contributed by atoms with E-state index in [-0.39, 0.29) is 18.5 Å². The fraction of sp³-hybridized carbons (Fsp3) is 0.167. The molecule has 0 atom stereocenters. The fourth-order valence-corrected chi connectivity index (χ4v) is 2.25. The molecule has 0 unspecified atom stereocenters. The molecule has 0 bridgehead atoms. The van der Waals surface area contributed by atoms with Crippen LogP contribution in [0, 0.1) is 5.82 Å². The van der Waals surface area contributed by atoms with Gasteiger partial charge in [0.25, 0.3) is 0 Å². The number of halogens is 1. The van der Waals surface area contributed by atoms with Crippen molar-refractivity contribution in [3.05, 3.63) is 65.5 Å². The van der Waals surface area contributed by atoms with Crippen molar-refractivity contribution in [3.63, 3.8) is 0 Å². The Kier molecular flexibility index (Phi) is 4.28. The Morgan fingerprint density at radius 1 is 1.17 bits per heavy atom. The molecule has 3 rings (SSSR count). The molecule has 118 valence electrons. The van der Waals surface area contributed by atoms with Gasteiger partial charge in [0.15, 0.2) is 11.5 Å². The van der Waals surface area contributed by atoms with Gasteiger partial charge in [-0.15, -0.1) is 0 Å². The van der Waals surface area contributed by atoms with Crippen LogP contribution in [0.3, 0.4) is 0 Å². The molecule has 1 aliphatic rings. The normalized spacial score (nSPS) is 12.6. The van der Waals surface area contributed by atoms with Gasteiger partial charge in [0.1, 0.15) is 5.82 Å². The Morgan fingerprint density at radius 2 is 1.91 bits per heavy atom. The number of carbonyl (C=O) groups is 1. The van der Waals surface area contributed by atoms with Crippen LogP contribution in [0.1, 0.15) is 11.1 Å². The van der Waals surface area contributed by atoms with E-state index in [0.717, 1.165) is 11.1 Å². The number of hydrogen-bond donors (Lipinski definition) is 0. The Labute approximate surface area is 133 Å². The van der Waals surface area contributed by atoms with Crippen molar-refractivity contribution in [1.29, 1.82) is 0 Å². The van der Waals surface area contributed by atoms with Crippen LogP contribution in [-0.4, -0.2) is 24.6 Å². The molecule has 0 spiro atoms. The highest BCUT2D eigenvalue weighted by Gasteiger charge is 2.12. The SMILES string of the molecule is CN(Cc1ccc(F)cc1)C(=O)/C=C/c1ccc2c(c1)OCO2. The molecule has 0 N–H and O–H groups in total. The lowest BCUT2D eigenvalue weighted by atomic mass is 10.2. The summed E-state index contributed by atoms with van der Waals surface area (Å²) in [7, 11) is 1.70. The molecule has 0 aliphatic carbocycles. The van der Waals surface area contributed by atoms with Gasteiger partial charge in [0.05, 0.1) is 0 Å². The molecule has 0 saturated carbocycles. The zero-order chi connectivity index (χ0) is 16.2. The van der Waals surface area contributed by atoms with E-state index in [4.69, 9.17) is 9.47 Å². The van der Waals surface area contributed by atoms with E-state index < -0.39 is 0 Å². The number of benzene rings is 2. The number of rotatable bonds is 4. The standard InChI is InChI=1S/C18H16FNO3/c1-20(11-14-2-6-15(19)7-3-14)18(21)9-5-13-4-8-16-17(10-13)23-12-22-16/h2-10H,11-12H2,1H3/b9-5+. The van der Waals surface area contributed by atoms with Crippen LogP contribution in [0.15, 0.2) is 48.5 Å². The molecule has 1 amide bonds. The van der Waals surface area contributed by atoms with Crippen molar-refractivity contribution in [2.24, 2.45) is 0 Å². The summed E-state index contributed by atoms with van der Waals surface area (Å²) in [6.07, 6.45) is 3.23. The number of hydrogen-bond acceptors (Lipinski definition) is 3. The van der Waals surface area contributed by atoms with Crippen LogP contribution >= 0.6 is 0 Å². The topological polar surface area (TPSA) is 38.8 Å². The quantitative estimate of drug-likeness (QED) is 0.814. The van der Waals surface area contributed by atoms with E-state index in [1.165, 1.54) is 18.2 Å². The molecule has 2 aromatic rings. The predicted molar refractivity (Wildman–Crippen MR) is 84.5 cm³/mol. The molecule has 2 aromatic carbocycles. The van der Waals surface area contributed by atoms with E-state index in [2.05, 4.69) is 0 Å². The third kappa shape index (κ3) is 3.69. The summed E-state index contributed by atoms with van der Waals surface area (Å²) in [5, 5.41) is 0. The highest BCUT2D eigenvalue weighted by atomic mass is 19.1. The number of carbonyl (C=O) groups excluding carboxylic acids is 1. The second kappa shape index (κ2) is 6.52. The molecule has 0 aromatic heterocycles. The molecule has 1 aliphatic heterocycles. The van der Waals surface area contributed by atoms with Gasteiger partial charge in [-0.3, -0.25) is 4.79 Å². The lowest BCUT2D eigenvalue weighted by Gasteiger charge is -2.15. The number of likely N-dealkylation sites (N-methyl/N-ethyl adjacent to an activating group) is 1. The summed E-state index contributed by atoms with van der Waals surface area (Å²) in [4.78, 5) is 13.7. The van der Waals surface area contributed by atoms with Crippen LogP contribution in [0.25, 0.3) is 6.08 Å². The smallest absolute Gasteiger partial charge is 0.246 e. The molecular formula is C18H16FNO3. The minimum atomic E-state index is -0.287. The third-order valence-electron chi connectivity index (χ3n) is 3.52. The van der Waals surface area contributed by atoms with Gasteiger partial charge in [0.2, 0.25) is 12.7 Å². The maximum atomic E-state index is 12.9. The Hall–Kier alpha value is -2.82. The van der Waals surface area contributed by atoms with Gasteiger partial charge in [0, 0.05) is 19.7 Å². The summed E-state index contributed by atoms with van der Waals surface area (Å²) >= 11 is 0. The minimum absolute atomic E-state index is 0.132. The summed E-state index contributed by atoms with van der Waals surface area (Å²) in [5.41, 5.74) is 1.73. The molecular weight excluding hydrogens is 297 g/mol. The lowest BCUT2D eigenvalue weighted by molar-refractivity contribution is -0.125. The van der Waals surface area contributed by atoms with Gasteiger partial charge in [-0.05, 0) is 41.5 Å². The highest BCUT2D eigenvalue weighted by Crippen LogP contribution is 2.32. The number of ether oxygens (including phenoxy) is 2. The highest BCUT2D eigenvalue weighted by molar-refractivity contribution is 5.91. The maximum Gasteiger partial charge on any atom is 0.246 e. The van der Waals surface area contributed by atoms with Gasteiger partial charge in [-0.2, -0.15) is 0 Å². The first-order chi connectivity index (χ1) is 11.1. The van der Waals surface area contributed by atoms with Crippen molar-refractivity contribution in [2.45, 2.75) is 6.54 Å². The van der Waals surface area contributed by atoms with E-state index in [9.17, 15) is 9.18 Å². The molecule has 4 nitrogen and oxygen atoms in total. The van der Waals surface area contributed by atoms with Gasteiger partial charge in [-0.1, -0.05) is 18.2 Å². The molecule has 0 fully saturated rings. The number of fused-ring (bicyclic) bond motifs is 1. The van der Waals surface area contributed by atoms with E-state index >= 15 is 0 Å². The van der Waals surface area contributed by atoms with Gasteiger partial charge >= 0.3 is 0 Å². The van der Waals surface area contributed by atoms with Gasteiger partial charge in [-0.25, -0.2) is 4.39 Å². The van der Waals surface area contributed by atoms with E-state index in [1.54, 1.807) is 30.2 Å². The van der Waals surface area contributed by atoms with Crippen molar-refractivity contribution in [1.82, 2.24) is 4.90 Å². The first-order valence-corrected chi connectivity index (χ1v) is 7.19. The fourth-order valence-electron chi connectivity index (χ4n) is 2.25. The van der Waals surface area contributed by atoms with E-state index in [0.29, 0.717) is 18.0 Å². The summed E-state index contributed by atoms with van der Waals surface area (Å²) in [6, 6.07) is 11.6. The van der Waals surface area contributed by atoms with Crippen molar-refractivity contribution >= 4 is 12.0 Å². The zero-order valence-corrected chi connectivity index (χ0v) is 12.7. The largest absolute Gasteiger partial charge is 0.454 e. The molecule has 1 heterocycles. The maximum absolute atomic E-state index is 12.9. The lowest BCUT2D eigenvalue weighted by Crippen LogP contribution is -2.24. The number of amides is 1. The minimum Gasteiger partial charge on any atom is -0.454 e. The van der Waals surface area contributed by atoms with Crippen LogP contribution in [0.2, 0.25) is 0 Å². The summed E-state index contributed by atoms with van der Waals surface area (Å²) < 4.78 is 23.4.